The monoisotopic (exact) mass is 390 g/mol. The van der Waals surface area contributed by atoms with E-state index in [-0.39, 0.29) is 11.5 Å². The summed E-state index contributed by atoms with van der Waals surface area (Å²) in [5.41, 5.74) is -1.38. The van der Waals surface area contributed by atoms with Crippen LogP contribution in [0.1, 0.15) is 5.56 Å². The first kappa shape index (κ1) is 20.3. The lowest BCUT2D eigenvalue weighted by Crippen LogP contribution is -2.72. The molecule has 2 aromatic carbocycles. The van der Waals surface area contributed by atoms with Crippen molar-refractivity contribution in [1.82, 2.24) is 0 Å². The van der Waals surface area contributed by atoms with Gasteiger partial charge in [-0.05, 0) is 35.9 Å². The third kappa shape index (κ3) is 3.88. The van der Waals surface area contributed by atoms with Gasteiger partial charge >= 0.3 is 0 Å². The molecule has 8 nitrogen and oxygen atoms in total. The lowest BCUT2D eigenvalue weighted by molar-refractivity contribution is -0.393. The lowest BCUT2D eigenvalue weighted by Gasteiger charge is -2.49. The average molecular weight is 390 g/mol. The van der Waals surface area contributed by atoms with Crippen molar-refractivity contribution >= 4 is 6.08 Å². The maximum absolute atomic E-state index is 10.4. The first-order valence-electron chi connectivity index (χ1n) is 8.58. The standard InChI is InChI=1S/C20H22O8/c21-12-19(11-10-13-6-8-14(22)9-7-13)18(24)20(25,26)16(23)17(28-19)27-15-4-2-1-3-5-15/h1-11,16-18,21-26H,12H2. The molecule has 0 amide bonds. The molecule has 0 bridgehead atoms. The number of phenolic OH excluding ortho intramolecular Hbond substituents is 1. The zero-order valence-corrected chi connectivity index (χ0v) is 14.8. The molecule has 150 valence electrons. The van der Waals surface area contributed by atoms with Crippen molar-refractivity contribution < 1.29 is 40.1 Å². The van der Waals surface area contributed by atoms with E-state index >= 15 is 0 Å². The summed E-state index contributed by atoms with van der Waals surface area (Å²) in [7, 11) is 0. The number of aliphatic hydroxyl groups is 5. The lowest BCUT2D eigenvalue weighted by atomic mass is 9.84. The maximum atomic E-state index is 10.4. The van der Waals surface area contributed by atoms with E-state index in [0.29, 0.717) is 5.56 Å². The largest absolute Gasteiger partial charge is 0.508 e. The Bertz CT molecular complexity index is 805. The van der Waals surface area contributed by atoms with Gasteiger partial charge in [0.25, 0.3) is 0 Å². The second kappa shape index (κ2) is 7.88. The maximum Gasteiger partial charge on any atom is 0.232 e. The minimum atomic E-state index is -3.01. The van der Waals surface area contributed by atoms with Gasteiger partial charge in [0.2, 0.25) is 12.1 Å². The third-order valence-electron chi connectivity index (χ3n) is 4.59. The highest BCUT2D eigenvalue weighted by Crippen LogP contribution is 2.37. The number of hydrogen-bond acceptors (Lipinski definition) is 8. The van der Waals surface area contributed by atoms with Crippen molar-refractivity contribution in [2.75, 3.05) is 6.61 Å². The number of hydrogen-bond donors (Lipinski definition) is 6. The molecule has 0 aliphatic carbocycles. The molecule has 3 rings (SSSR count). The van der Waals surface area contributed by atoms with Crippen LogP contribution in [0.2, 0.25) is 0 Å². The molecule has 1 aliphatic rings. The number of benzene rings is 2. The average Bonchev–Trinajstić information content (AvgIpc) is 2.70. The Labute approximate surface area is 161 Å². The van der Waals surface area contributed by atoms with Crippen molar-refractivity contribution in [1.29, 1.82) is 0 Å². The zero-order chi connectivity index (χ0) is 20.4. The predicted octanol–water partition coefficient (Wildman–Crippen LogP) is -0.0255. The van der Waals surface area contributed by atoms with Gasteiger partial charge in [-0.25, -0.2) is 0 Å². The number of rotatable bonds is 5. The van der Waals surface area contributed by atoms with Gasteiger partial charge in [-0.15, -0.1) is 0 Å². The van der Waals surface area contributed by atoms with Crippen molar-refractivity contribution in [3.05, 3.63) is 66.2 Å². The van der Waals surface area contributed by atoms with E-state index in [1.54, 1.807) is 42.5 Å². The Morgan fingerprint density at radius 1 is 1.00 bits per heavy atom. The summed E-state index contributed by atoms with van der Waals surface area (Å²) in [4.78, 5) is 0. The van der Waals surface area contributed by atoms with Crippen LogP contribution in [0.3, 0.4) is 0 Å². The Morgan fingerprint density at radius 3 is 2.25 bits per heavy atom. The molecule has 28 heavy (non-hydrogen) atoms. The molecule has 0 radical (unpaired) electrons. The van der Waals surface area contributed by atoms with E-state index in [1.807, 2.05) is 0 Å². The Hall–Kier alpha value is -2.46. The smallest absolute Gasteiger partial charge is 0.232 e. The van der Waals surface area contributed by atoms with Crippen LogP contribution < -0.4 is 4.74 Å². The van der Waals surface area contributed by atoms with Crippen LogP contribution in [0.5, 0.6) is 11.5 Å². The number of para-hydroxylation sites is 1. The van der Waals surface area contributed by atoms with E-state index in [4.69, 9.17) is 9.47 Å². The molecule has 4 atom stereocenters. The van der Waals surface area contributed by atoms with Crippen LogP contribution in [-0.2, 0) is 4.74 Å². The predicted molar refractivity (Wildman–Crippen MR) is 98.1 cm³/mol. The van der Waals surface area contributed by atoms with Crippen LogP contribution in [0, 0.1) is 0 Å². The minimum Gasteiger partial charge on any atom is -0.508 e. The Morgan fingerprint density at radius 2 is 1.64 bits per heavy atom. The van der Waals surface area contributed by atoms with E-state index in [0.717, 1.165) is 0 Å². The van der Waals surface area contributed by atoms with Gasteiger partial charge in [-0.1, -0.05) is 36.4 Å². The van der Waals surface area contributed by atoms with Crippen molar-refractivity contribution in [3.63, 3.8) is 0 Å². The van der Waals surface area contributed by atoms with E-state index in [2.05, 4.69) is 0 Å². The molecule has 0 spiro atoms. The second-order valence-corrected chi connectivity index (χ2v) is 6.59. The molecular formula is C20H22O8. The minimum absolute atomic E-state index is 0.0622. The molecule has 4 unspecified atom stereocenters. The molecule has 1 heterocycles. The van der Waals surface area contributed by atoms with Gasteiger partial charge in [0.15, 0.2) is 6.10 Å². The van der Waals surface area contributed by atoms with Crippen LogP contribution in [0.15, 0.2) is 60.7 Å². The topological polar surface area (TPSA) is 140 Å². The molecular weight excluding hydrogens is 368 g/mol. The van der Waals surface area contributed by atoms with Crippen LogP contribution in [-0.4, -0.2) is 67.1 Å². The van der Waals surface area contributed by atoms with Crippen molar-refractivity contribution in [3.8, 4) is 11.5 Å². The van der Waals surface area contributed by atoms with E-state index in [9.17, 15) is 30.6 Å². The summed E-state index contributed by atoms with van der Waals surface area (Å²) in [5, 5.41) is 60.5. The molecule has 0 saturated carbocycles. The SMILES string of the molecule is OCC1(C=Cc2ccc(O)cc2)OC(Oc2ccccc2)C(O)C(O)(O)C1O. The summed E-state index contributed by atoms with van der Waals surface area (Å²) in [6, 6.07) is 14.3. The summed E-state index contributed by atoms with van der Waals surface area (Å²) in [6.45, 7) is -0.826. The Kier molecular flexibility index (Phi) is 5.71. The van der Waals surface area contributed by atoms with Gasteiger partial charge in [-0.2, -0.15) is 0 Å². The molecule has 1 fully saturated rings. The molecule has 0 aromatic heterocycles. The molecule has 1 saturated heterocycles. The third-order valence-corrected chi connectivity index (χ3v) is 4.59. The quantitative estimate of drug-likeness (QED) is 0.391. The van der Waals surface area contributed by atoms with E-state index in [1.165, 1.54) is 24.3 Å². The number of aromatic hydroxyl groups is 1. The highest BCUT2D eigenvalue weighted by atomic mass is 16.7. The first-order valence-corrected chi connectivity index (χ1v) is 8.58. The van der Waals surface area contributed by atoms with Gasteiger partial charge in [-0.3, -0.25) is 0 Å². The van der Waals surface area contributed by atoms with Gasteiger partial charge in [0.1, 0.15) is 23.2 Å². The molecule has 1 aliphatic heterocycles. The van der Waals surface area contributed by atoms with Gasteiger partial charge in [0.05, 0.1) is 6.61 Å². The summed E-state index contributed by atoms with van der Waals surface area (Å²) in [6.07, 6.45) is -2.96. The van der Waals surface area contributed by atoms with Crippen molar-refractivity contribution in [2.24, 2.45) is 0 Å². The molecule has 6 N–H and O–H groups in total. The Balaban J connectivity index is 1.92. The molecule has 2 aromatic rings. The first-order chi connectivity index (χ1) is 13.3. The number of aliphatic hydroxyl groups excluding tert-OH is 3. The van der Waals surface area contributed by atoms with Crippen molar-refractivity contribution in [2.45, 2.75) is 29.9 Å². The zero-order valence-electron chi connectivity index (χ0n) is 14.8. The number of phenols is 1. The fourth-order valence-electron chi connectivity index (χ4n) is 2.92. The van der Waals surface area contributed by atoms with Crippen LogP contribution in [0.25, 0.3) is 6.08 Å². The second-order valence-electron chi connectivity index (χ2n) is 6.59. The molecule has 8 heteroatoms. The van der Waals surface area contributed by atoms with Crippen LogP contribution >= 0.6 is 0 Å². The summed E-state index contributed by atoms with van der Waals surface area (Å²) in [5.74, 6) is -2.67. The highest BCUT2D eigenvalue weighted by molar-refractivity contribution is 5.52. The van der Waals surface area contributed by atoms with Crippen LogP contribution in [0.4, 0.5) is 0 Å². The summed E-state index contributed by atoms with van der Waals surface area (Å²) >= 11 is 0. The normalized spacial score (nSPS) is 29.7. The van der Waals surface area contributed by atoms with E-state index < -0.39 is 36.5 Å². The highest BCUT2D eigenvalue weighted by Gasteiger charge is 2.61. The summed E-state index contributed by atoms with van der Waals surface area (Å²) < 4.78 is 11.1. The number of ether oxygens (including phenoxy) is 2. The van der Waals surface area contributed by atoms with Gasteiger partial charge in [0, 0.05) is 0 Å². The fraction of sp³-hybridized carbons (Fsp3) is 0.300. The van der Waals surface area contributed by atoms with Gasteiger partial charge < -0.3 is 40.1 Å². The fourth-order valence-corrected chi connectivity index (χ4v) is 2.92.